The first-order valence-electron chi connectivity index (χ1n) is 5.22. The minimum absolute atomic E-state index is 0.0823. The van der Waals surface area contributed by atoms with Gasteiger partial charge in [-0.15, -0.1) is 0 Å². The molecule has 0 heterocycles. The standard InChI is InChI=1S/C12H17N3O/c1-4-12(16)14-13-9-10-5-7-11(8-6-10)15(2)3/h5-9H,4H2,1-3H3,(H,14,16). The molecule has 0 aliphatic rings. The van der Waals surface area contributed by atoms with E-state index in [0.717, 1.165) is 11.3 Å². The van der Waals surface area contributed by atoms with Crippen LogP contribution in [-0.4, -0.2) is 26.2 Å². The van der Waals surface area contributed by atoms with Gasteiger partial charge in [0, 0.05) is 26.2 Å². The monoisotopic (exact) mass is 219 g/mol. The summed E-state index contributed by atoms with van der Waals surface area (Å²) < 4.78 is 0. The molecular formula is C12H17N3O. The molecule has 0 spiro atoms. The zero-order valence-corrected chi connectivity index (χ0v) is 9.90. The van der Waals surface area contributed by atoms with E-state index < -0.39 is 0 Å². The van der Waals surface area contributed by atoms with E-state index in [9.17, 15) is 4.79 Å². The molecule has 0 aliphatic heterocycles. The Labute approximate surface area is 96.0 Å². The number of nitrogens with one attached hydrogen (secondary N) is 1. The number of amides is 1. The number of carbonyl (C=O) groups excluding carboxylic acids is 1. The van der Waals surface area contributed by atoms with Crippen molar-refractivity contribution < 1.29 is 4.79 Å². The third kappa shape index (κ3) is 3.73. The fraction of sp³-hybridized carbons (Fsp3) is 0.333. The summed E-state index contributed by atoms with van der Waals surface area (Å²) in [5.41, 5.74) is 4.53. The summed E-state index contributed by atoms with van der Waals surface area (Å²) in [6.45, 7) is 1.79. The Bertz CT molecular complexity index is 368. The molecule has 0 atom stereocenters. The van der Waals surface area contributed by atoms with E-state index in [1.165, 1.54) is 0 Å². The van der Waals surface area contributed by atoms with E-state index in [4.69, 9.17) is 0 Å². The van der Waals surface area contributed by atoms with Gasteiger partial charge in [-0.05, 0) is 17.7 Å². The van der Waals surface area contributed by atoms with Gasteiger partial charge in [0.25, 0.3) is 0 Å². The zero-order chi connectivity index (χ0) is 12.0. The maximum Gasteiger partial charge on any atom is 0.239 e. The number of hydrogen-bond donors (Lipinski definition) is 1. The number of hydrogen-bond acceptors (Lipinski definition) is 3. The lowest BCUT2D eigenvalue weighted by atomic mass is 10.2. The van der Waals surface area contributed by atoms with Crippen LogP contribution in [0.25, 0.3) is 0 Å². The topological polar surface area (TPSA) is 44.7 Å². The smallest absolute Gasteiger partial charge is 0.239 e. The number of carbonyl (C=O) groups is 1. The molecule has 1 N–H and O–H groups in total. The molecular weight excluding hydrogens is 202 g/mol. The Morgan fingerprint density at radius 3 is 2.50 bits per heavy atom. The Kier molecular flexibility index (Phi) is 4.51. The van der Waals surface area contributed by atoms with Crippen molar-refractivity contribution in [2.45, 2.75) is 13.3 Å². The lowest BCUT2D eigenvalue weighted by Gasteiger charge is -2.11. The van der Waals surface area contributed by atoms with Crippen LogP contribution in [0.15, 0.2) is 29.4 Å². The van der Waals surface area contributed by atoms with Gasteiger partial charge in [-0.3, -0.25) is 4.79 Å². The van der Waals surface area contributed by atoms with Gasteiger partial charge < -0.3 is 4.90 Å². The molecule has 4 nitrogen and oxygen atoms in total. The Balaban J connectivity index is 2.58. The first-order valence-corrected chi connectivity index (χ1v) is 5.22. The van der Waals surface area contributed by atoms with Crippen LogP contribution >= 0.6 is 0 Å². The number of hydrazone groups is 1. The van der Waals surface area contributed by atoms with E-state index in [-0.39, 0.29) is 5.91 Å². The Hall–Kier alpha value is -1.84. The van der Waals surface area contributed by atoms with Crippen molar-refractivity contribution in [3.05, 3.63) is 29.8 Å². The molecule has 1 rings (SSSR count). The van der Waals surface area contributed by atoms with E-state index in [1.54, 1.807) is 13.1 Å². The van der Waals surface area contributed by atoms with Crippen molar-refractivity contribution in [1.29, 1.82) is 0 Å². The largest absolute Gasteiger partial charge is 0.378 e. The van der Waals surface area contributed by atoms with Crippen LogP contribution in [0.2, 0.25) is 0 Å². The molecule has 0 saturated heterocycles. The molecule has 0 saturated carbocycles. The highest BCUT2D eigenvalue weighted by Gasteiger charge is 1.94. The van der Waals surface area contributed by atoms with Gasteiger partial charge in [0.1, 0.15) is 0 Å². The molecule has 1 aromatic carbocycles. The van der Waals surface area contributed by atoms with Gasteiger partial charge in [0.15, 0.2) is 0 Å². The second kappa shape index (κ2) is 5.90. The molecule has 0 radical (unpaired) electrons. The minimum Gasteiger partial charge on any atom is -0.378 e. The van der Waals surface area contributed by atoms with Gasteiger partial charge in [-0.1, -0.05) is 19.1 Å². The van der Waals surface area contributed by atoms with E-state index in [0.29, 0.717) is 6.42 Å². The number of anilines is 1. The first-order chi connectivity index (χ1) is 7.63. The van der Waals surface area contributed by atoms with E-state index in [2.05, 4.69) is 10.5 Å². The molecule has 0 aliphatic carbocycles. The average molecular weight is 219 g/mol. The molecule has 86 valence electrons. The second-order valence-corrected chi connectivity index (χ2v) is 3.63. The van der Waals surface area contributed by atoms with Gasteiger partial charge in [-0.2, -0.15) is 5.10 Å². The molecule has 16 heavy (non-hydrogen) atoms. The lowest BCUT2D eigenvalue weighted by molar-refractivity contribution is -0.120. The zero-order valence-electron chi connectivity index (χ0n) is 9.90. The van der Waals surface area contributed by atoms with Crippen LogP contribution in [0.5, 0.6) is 0 Å². The van der Waals surface area contributed by atoms with E-state index in [1.807, 2.05) is 43.3 Å². The molecule has 0 aromatic heterocycles. The third-order valence-corrected chi connectivity index (χ3v) is 2.13. The van der Waals surface area contributed by atoms with Gasteiger partial charge >= 0.3 is 0 Å². The van der Waals surface area contributed by atoms with Gasteiger partial charge in [0.2, 0.25) is 5.91 Å². The van der Waals surface area contributed by atoms with Crippen LogP contribution in [0.1, 0.15) is 18.9 Å². The van der Waals surface area contributed by atoms with Crippen LogP contribution in [0.4, 0.5) is 5.69 Å². The summed E-state index contributed by atoms with van der Waals surface area (Å²) in [6.07, 6.45) is 2.07. The minimum atomic E-state index is -0.0823. The number of nitrogens with zero attached hydrogens (tertiary/aromatic N) is 2. The lowest BCUT2D eigenvalue weighted by Crippen LogP contribution is -2.15. The highest BCUT2D eigenvalue weighted by molar-refractivity contribution is 5.82. The Morgan fingerprint density at radius 1 is 1.38 bits per heavy atom. The highest BCUT2D eigenvalue weighted by Crippen LogP contribution is 2.10. The number of rotatable bonds is 4. The average Bonchev–Trinajstić information content (AvgIpc) is 2.29. The summed E-state index contributed by atoms with van der Waals surface area (Å²) >= 11 is 0. The first kappa shape index (κ1) is 12.2. The quantitative estimate of drug-likeness (QED) is 0.617. The fourth-order valence-electron chi connectivity index (χ4n) is 1.12. The van der Waals surface area contributed by atoms with Crippen molar-refractivity contribution in [2.75, 3.05) is 19.0 Å². The SMILES string of the molecule is CCC(=O)NN=Cc1ccc(N(C)C)cc1. The highest BCUT2D eigenvalue weighted by atomic mass is 16.2. The normalized spacial score (nSPS) is 10.4. The third-order valence-electron chi connectivity index (χ3n) is 2.13. The van der Waals surface area contributed by atoms with Gasteiger partial charge in [0.05, 0.1) is 6.21 Å². The molecule has 1 aromatic rings. The molecule has 4 heteroatoms. The van der Waals surface area contributed by atoms with Crippen LogP contribution in [0, 0.1) is 0 Å². The maximum atomic E-state index is 10.9. The van der Waals surface area contributed by atoms with E-state index >= 15 is 0 Å². The molecule has 0 unspecified atom stereocenters. The van der Waals surface area contributed by atoms with Crippen LogP contribution in [0.3, 0.4) is 0 Å². The van der Waals surface area contributed by atoms with Crippen molar-refractivity contribution in [3.63, 3.8) is 0 Å². The van der Waals surface area contributed by atoms with Crippen LogP contribution in [-0.2, 0) is 4.79 Å². The van der Waals surface area contributed by atoms with Crippen molar-refractivity contribution in [1.82, 2.24) is 5.43 Å². The maximum absolute atomic E-state index is 10.9. The predicted octanol–water partition coefficient (Wildman–Crippen LogP) is 1.61. The molecule has 1 amide bonds. The predicted molar refractivity (Wildman–Crippen MR) is 66.8 cm³/mol. The van der Waals surface area contributed by atoms with Crippen molar-refractivity contribution >= 4 is 17.8 Å². The van der Waals surface area contributed by atoms with Crippen molar-refractivity contribution in [3.8, 4) is 0 Å². The second-order valence-electron chi connectivity index (χ2n) is 3.63. The van der Waals surface area contributed by atoms with Crippen LogP contribution < -0.4 is 10.3 Å². The summed E-state index contributed by atoms with van der Waals surface area (Å²) in [5, 5.41) is 3.85. The summed E-state index contributed by atoms with van der Waals surface area (Å²) in [4.78, 5) is 12.9. The number of benzene rings is 1. The molecule has 0 bridgehead atoms. The summed E-state index contributed by atoms with van der Waals surface area (Å²) in [5.74, 6) is -0.0823. The molecule has 0 fully saturated rings. The fourth-order valence-corrected chi connectivity index (χ4v) is 1.12. The Morgan fingerprint density at radius 2 is 2.00 bits per heavy atom. The summed E-state index contributed by atoms with van der Waals surface area (Å²) in [7, 11) is 3.98. The van der Waals surface area contributed by atoms with Crippen molar-refractivity contribution in [2.24, 2.45) is 5.10 Å². The summed E-state index contributed by atoms with van der Waals surface area (Å²) in [6, 6.07) is 7.92. The van der Waals surface area contributed by atoms with Gasteiger partial charge in [-0.25, -0.2) is 5.43 Å².